The minimum Gasteiger partial charge on any atom is -0.507 e. The molecule has 0 bridgehead atoms. The summed E-state index contributed by atoms with van der Waals surface area (Å²) >= 11 is 0. The number of aliphatic hydroxyl groups is 1. The summed E-state index contributed by atoms with van der Waals surface area (Å²) in [6.45, 7) is 6.12. The molecule has 38 heavy (non-hydrogen) atoms. The van der Waals surface area contributed by atoms with E-state index in [0.717, 1.165) is 25.7 Å². The van der Waals surface area contributed by atoms with E-state index >= 15 is 0 Å². The van der Waals surface area contributed by atoms with Gasteiger partial charge >= 0.3 is 0 Å². The van der Waals surface area contributed by atoms with Crippen molar-refractivity contribution in [2.45, 2.75) is 45.6 Å². The number of benzene rings is 2. The van der Waals surface area contributed by atoms with Crippen LogP contribution < -0.4 is 14.2 Å². The van der Waals surface area contributed by atoms with E-state index in [4.69, 9.17) is 14.2 Å². The largest absolute Gasteiger partial charge is 0.507 e. The number of Topliss-reactive ketones (excluding diaryl/α,β-unsaturated/α-hetero) is 1. The third kappa shape index (κ3) is 6.86. The number of methoxy groups -OCH3 is 1. The van der Waals surface area contributed by atoms with Crippen molar-refractivity contribution in [3.05, 3.63) is 59.2 Å². The Balaban J connectivity index is 2.07. The molecule has 8 nitrogen and oxygen atoms in total. The number of aliphatic hydroxyl groups excluding tert-OH is 1. The first-order valence-electron chi connectivity index (χ1n) is 13.3. The van der Waals surface area contributed by atoms with E-state index in [1.807, 2.05) is 32.0 Å². The smallest absolute Gasteiger partial charge is 0.295 e. The number of ketones is 1. The van der Waals surface area contributed by atoms with Crippen molar-refractivity contribution < 1.29 is 28.9 Å². The van der Waals surface area contributed by atoms with Crippen LogP contribution in [0.1, 0.15) is 56.7 Å². The second kappa shape index (κ2) is 13.9. The quantitative estimate of drug-likeness (QED) is 0.160. The van der Waals surface area contributed by atoms with Gasteiger partial charge in [-0.15, -0.1) is 0 Å². The van der Waals surface area contributed by atoms with Crippen LogP contribution in [0.25, 0.3) is 5.76 Å². The first-order chi connectivity index (χ1) is 18.3. The van der Waals surface area contributed by atoms with E-state index in [1.54, 1.807) is 43.5 Å². The number of ether oxygens (including phenoxy) is 3. The van der Waals surface area contributed by atoms with Gasteiger partial charge in [0.2, 0.25) is 0 Å². The molecule has 2 aromatic rings. The Bertz CT molecular complexity index is 1140. The predicted octanol–water partition coefficient (Wildman–Crippen LogP) is 5.04. The highest BCUT2D eigenvalue weighted by molar-refractivity contribution is 6.46. The molecule has 1 amide bonds. The number of nitrogens with zero attached hydrogens (tertiary/aromatic N) is 2. The Morgan fingerprint density at radius 2 is 1.76 bits per heavy atom. The zero-order valence-corrected chi connectivity index (χ0v) is 23.2. The number of hydrogen-bond acceptors (Lipinski definition) is 7. The van der Waals surface area contributed by atoms with Gasteiger partial charge in [-0.25, -0.2) is 0 Å². The summed E-state index contributed by atoms with van der Waals surface area (Å²) in [5, 5.41) is 11.4. The molecule has 0 radical (unpaired) electrons. The molecule has 1 atom stereocenters. The van der Waals surface area contributed by atoms with Crippen molar-refractivity contribution >= 4 is 17.4 Å². The molecule has 2 aromatic carbocycles. The van der Waals surface area contributed by atoms with Crippen molar-refractivity contribution in [1.82, 2.24) is 9.80 Å². The first kappa shape index (κ1) is 29.0. The normalized spacial score (nSPS) is 16.8. The maximum absolute atomic E-state index is 13.3. The fourth-order valence-corrected chi connectivity index (χ4v) is 4.38. The van der Waals surface area contributed by atoms with Gasteiger partial charge in [-0.05, 0) is 56.8 Å². The van der Waals surface area contributed by atoms with E-state index in [-0.39, 0.29) is 11.3 Å². The van der Waals surface area contributed by atoms with E-state index < -0.39 is 17.7 Å². The maximum atomic E-state index is 13.3. The minimum atomic E-state index is -0.779. The summed E-state index contributed by atoms with van der Waals surface area (Å²) in [7, 11) is 5.37. The van der Waals surface area contributed by atoms with E-state index in [2.05, 4.69) is 6.92 Å². The van der Waals surface area contributed by atoms with Crippen molar-refractivity contribution in [3.63, 3.8) is 0 Å². The molecule has 1 N–H and O–H groups in total. The van der Waals surface area contributed by atoms with E-state index in [9.17, 15) is 14.7 Å². The number of amides is 1. The van der Waals surface area contributed by atoms with Gasteiger partial charge in [-0.3, -0.25) is 9.59 Å². The summed E-state index contributed by atoms with van der Waals surface area (Å²) in [4.78, 5) is 30.0. The highest BCUT2D eigenvalue weighted by Gasteiger charge is 2.46. The Labute approximate surface area is 225 Å². The number of likely N-dealkylation sites (tertiary alicyclic amines) is 1. The molecular formula is C30H40N2O6. The third-order valence-electron chi connectivity index (χ3n) is 6.42. The van der Waals surface area contributed by atoms with Crippen LogP contribution in [0.5, 0.6) is 17.2 Å². The van der Waals surface area contributed by atoms with Gasteiger partial charge in [0.15, 0.2) is 11.5 Å². The van der Waals surface area contributed by atoms with Gasteiger partial charge in [0, 0.05) is 18.7 Å². The predicted molar refractivity (Wildman–Crippen MR) is 148 cm³/mol. The van der Waals surface area contributed by atoms with Gasteiger partial charge in [0.25, 0.3) is 11.7 Å². The van der Waals surface area contributed by atoms with Crippen molar-refractivity contribution in [2.75, 3.05) is 47.5 Å². The second-order valence-electron chi connectivity index (χ2n) is 9.64. The van der Waals surface area contributed by atoms with Gasteiger partial charge in [-0.2, -0.15) is 0 Å². The van der Waals surface area contributed by atoms with Crippen molar-refractivity contribution in [3.8, 4) is 17.2 Å². The molecule has 0 aliphatic carbocycles. The highest BCUT2D eigenvalue weighted by Crippen LogP contribution is 2.42. The average molecular weight is 525 g/mol. The molecule has 1 unspecified atom stereocenters. The molecule has 1 heterocycles. The molecule has 1 saturated heterocycles. The Kier molecular flexibility index (Phi) is 10.6. The highest BCUT2D eigenvalue weighted by atomic mass is 16.5. The fraction of sp³-hybridized carbons (Fsp3) is 0.467. The molecule has 0 saturated carbocycles. The lowest BCUT2D eigenvalue weighted by molar-refractivity contribution is -0.140. The Hall–Kier alpha value is -3.52. The number of hydrogen-bond donors (Lipinski definition) is 1. The maximum Gasteiger partial charge on any atom is 0.295 e. The Morgan fingerprint density at radius 3 is 2.45 bits per heavy atom. The number of likely N-dealkylation sites (N-methyl/N-ethyl adjacent to an activating group) is 1. The fourth-order valence-electron chi connectivity index (χ4n) is 4.38. The molecule has 1 aliphatic heterocycles. The molecule has 3 rings (SSSR count). The van der Waals surface area contributed by atoms with Crippen molar-refractivity contribution in [2.24, 2.45) is 0 Å². The van der Waals surface area contributed by atoms with Crippen LogP contribution in [0.15, 0.2) is 48.0 Å². The second-order valence-corrected chi connectivity index (χ2v) is 9.64. The van der Waals surface area contributed by atoms with E-state index in [0.29, 0.717) is 54.7 Å². The lowest BCUT2D eigenvalue weighted by atomic mass is 9.95. The SMILES string of the molecule is CCCCCOc1ccc(C2/C(=C(\O)c3cccc(OCCC)c3)C(=O)C(=O)N2CCN(C)C)cc1OC. The summed E-state index contributed by atoms with van der Waals surface area (Å²) < 4.78 is 17.2. The molecule has 1 aliphatic rings. The monoisotopic (exact) mass is 524 g/mol. The standard InChI is InChI=1S/C30H40N2O6/c1-6-8-9-18-38-24-14-13-21(20-25(24)36-5)27-26(29(34)30(35)32(27)16-15-31(3)4)28(33)22-11-10-12-23(19-22)37-17-7-2/h10-14,19-20,27,33H,6-9,15-18H2,1-5H3/b28-26+. The molecule has 0 spiro atoms. The Morgan fingerprint density at radius 1 is 0.974 bits per heavy atom. The summed E-state index contributed by atoms with van der Waals surface area (Å²) in [5.74, 6) is 0.0909. The number of carbonyl (C=O) groups excluding carboxylic acids is 2. The molecule has 206 valence electrons. The van der Waals surface area contributed by atoms with Crippen LogP contribution in [0.4, 0.5) is 0 Å². The van der Waals surface area contributed by atoms with Crippen LogP contribution >= 0.6 is 0 Å². The van der Waals surface area contributed by atoms with Crippen LogP contribution in [0.3, 0.4) is 0 Å². The van der Waals surface area contributed by atoms with Crippen LogP contribution in [0.2, 0.25) is 0 Å². The molecule has 8 heteroatoms. The lowest BCUT2D eigenvalue weighted by Gasteiger charge is -2.27. The number of unbranched alkanes of at least 4 members (excludes halogenated alkanes) is 2. The van der Waals surface area contributed by atoms with Crippen LogP contribution in [-0.4, -0.2) is 74.1 Å². The van der Waals surface area contributed by atoms with Crippen LogP contribution in [-0.2, 0) is 9.59 Å². The number of rotatable bonds is 14. The summed E-state index contributed by atoms with van der Waals surface area (Å²) in [5.41, 5.74) is 1.11. The first-order valence-corrected chi connectivity index (χ1v) is 13.3. The van der Waals surface area contributed by atoms with Crippen molar-refractivity contribution in [1.29, 1.82) is 0 Å². The molecule has 1 fully saturated rings. The summed E-state index contributed by atoms with van der Waals surface area (Å²) in [6.07, 6.45) is 3.95. The average Bonchev–Trinajstić information content (AvgIpc) is 3.17. The topological polar surface area (TPSA) is 88.5 Å². The minimum absolute atomic E-state index is 0.0417. The zero-order chi connectivity index (χ0) is 27.7. The van der Waals surface area contributed by atoms with Gasteiger partial charge in [0.05, 0.1) is 31.9 Å². The molecule has 0 aromatic heterocycles. The van der Waals surface area contributed by atoms with Gasteiger partial charge in [-0.1, -0.05) is 44.9 Å². The van der Waals surface area contributed by atoms with Gasteiger partial charge < -0.3 is 29.1 Å². The van der Waals surface area contributed by atoms with Crippen LogP contribution in [0, 0.1) is 0 Å². The van der Waals surface area contributed by atoms with Gasteiger partial charge in [0.1, 0.15) is 11.5 Å². The zero-order valence-electron chi connectivity index (χ0n) is 23.2. The summed E-state index contributed by atoms with van der Waals surface area (Å²) in [6, 6.07) is 11.6. The number of carbonyl (C=O) groups is 2. The third-order valence-corrected chi connectivity index (χ3v) is 6.42. The van der Waals surface area contributed by atoms with E-state index in [1.165, 1.54) is 4.90 Å². The lowest BCUT2D eigenvalue weighted by Crippen LogP contribution is -2.35. The molecular weight excluding hydrogens is 484 g/mol.